The molecule has 0 bridgehead atoms. The SMILES string of the molecule is COc1ccc(CN(C)C(C)Cc2ccccc2)cc1.O=S(=O)(O)NC1CCCCC1. The zero-order valence-electron chi connectivity index (χ0n) is 18.8. The fourth-order valence-corrected chi connectivity index (χ4v) is 4.37. The van der Waals surface area contributed by atoms with Crippen LogP contribution < -0.4 is 9.46 Å². The molecule has 6 nitrogen and oxygen atoms in total. The van der Waals surface area contributed by atoms with E-state index in [2.05, 4.69) is 66.1 Å². The first kappa shape index (κ1) is 25.3. The minimum absolute atomic E-state index is 0.0428. The molecule has 1 atom stereocenters. The topological polar surface area (TPSA) is 78.9 Å². The summed E-state index contributed by atoms with van der Waals surface area (Å²) >= 11 is 0. The van der Waals surface area contributed by atoms with Gasteiger partial charge in [-0.05, 0) is 56.5 Å². The van der Waals surface area contributed by atoms with Gasteiger partial charge in [-0.1, -0.05) is 61.7 Å². The van der Waals surface area contributed by atoms with E-state index in [4.69, 9.17) is 9.29 Å². The number of ether oxygens (including phenoxy) is 1. The van der Waals surface area contributed by atoms with Crippen LogP contribution in [0.4, 0.5) is 0 Å². The zero-order chi connectivity index (χ0) is 22.7. The Bertz CT molecular complexity index is 851. The lowest BCUT2D eigenvalue weighted by Gasteiger charge is -2.25. The molecule has 2 aromatic carbocycles. The molecule has 1 unspecified atom stereocenters. The Balaban J connectivity index is 0.000000262. The van der Waals surface area contributed by atoms with Gasteiger partial charge in [-0.25, -0.2) is 0 Å². The number of likely N-dealkylation sites (N-methyl/N-ethyl adjacent to an activating group) is 1. The highest BCUT2D eigenvalue weighted by atomic mass is 32.2. The summed E-state index contributed by atoms with van der Waals surface area (Å²) in [4.78, 5) is 2.38. The molecule has 172 valence electrons. The molecule has 0 aromatic heterocycles. The Kier molecular flexibility index (Phi) is 10.5. The van der Waals surface area contributed by atoms with Crippen molar-refractivity contribution in [3.05, 3.63) is 65.7 Å². The van der Waals surface area contributed by atoms with Crippen molar-refractivity contribution in [1.82, 2.24) is 9.62 Å². The summed E-state index contributed by atoms with van der Waals surface area (Å²) in [6.07, 6.45) is 6.04. The van der Waals surface area contributed by atoms with Gasteiger partial charge in [0.15, 0.2) is 0 Å². The average Bonchev–Trinajstić information content (AvgIpc) is 2.75. The molecule has 0 aliphatic heterocycles. The lowest BCUT2D eigenvalue weighted by Crippen LogP contribution is -2.35. The van der Waals surface area contributed by atoms with Crippen LogP contribution in [-0.2, 0) is 23.3 Å². The highest BCUT2D eigenvalue weighted by Crippen LogP contribution is 2.17. The lowest BCUT2D eigenvalue weighted by molar-refractivity contribution is 0.248. The van der Waals surface area contributed by atoms with E-state index in [1.54, 1.807) is 7.11 Å². The number of hydrogen-bond donors (Lipinski definition) is 2. The Labute approximate surface area is 187 Å². The molecular formula is C24H36N2O4S. The third kappa shape index (κ3) is 10.3. The van der Waals surface area contributed by atoms with Crippen molar-refractivity contribution in [2.45, 2.75) is 64.1 Å². The van der Waals surface area contributed by atoms with Crippen LogP contribution in [0.15, 0.2) is 54.6 Å². The van der Waals surface area contributed by atoms with Crippen LogP contribution in [0.1, 0.15) is 50.2 Å². The Morgan fingerprint density at radius 2 is 1.65 bits per heavy atom. The fourth-order valence-electron chi connectivity index (χ4n) is 3.72. The van der Waals surface area contributed by atoms with Crippen molar-refractivity contribution in [2.75, 3.05) is 14.2 Å². The molecule has 1 aliphatic rings. The minimum Gasteiger partial charge on any atom is -0.497 e. The van der Waals surface area contributed by atoms with Crippen molar-refractivity contribution in [1.29, 1.82) is 0 Å². The molecule has 1 fully saturated rings. The molecule has 2 N–H and O–H groups in total. The maximum atomic E-state index is 10.3. The number of nitrogens with one attached hydrogen (secondary N) is 1. The molecule has 2 aromatic rings. The van der Waals surface area contributed by atoms with Crippen LogP contribution >= 0.6 is 0 Å². The first-order valence-corrected chi connectivity index (χ1v) is 12.3. The standard InChI is InChI=1S/C18H23NO.C6H13NO3S/c1-15(13-16-7-5-4-6-8-16)19(2)14-17-9-11-18(20-3)12-10-17;8-11(9,10)7-6-4-2-1-3-5-6/h4-12,15H,13-14H2,1-3H3;6-7H,1-5H2,(H,8,9,10). The first-order chi connectivity index (χ1) is 14.8. The second-order valence-corrected chi connectivity index (χ2v) is 9.42. The molecular weight excluding hydrogens is 412 g/mol. The molecule has 0 heterocycles. The van der Waals surface area contributed by atoms with Gasteiger partial charge >= 0.3 is 10.3 Å². The monoisotopic (exact) mass is 448 g/mol. The summed E-state index contributed by atoms with van der Waals surface area (Å²) in [6, 6.07) is 19.4. The predicted molar refractivity (Wildman–Crippen MR) is 126 cm³/mol. The number of benzene rings is 2. The van der Waals surface area contributed by atoms with Crippen LogP contribution in [0.3, 0.4) is 0 Å². The second-order valence-electron chi connectivity index (χ2n) is 8.23. The molecule has 0 spiro atoms. The van der Waals surface area contributed by atoms with Gasteiger partial charge in [0.25, 0.3) is 0 Å². The van der Waals surface area contributed by atoms with Crippen LogP contribution in [0, 0.1) is 0 Å². The molecule has 7 heteroatoms. The maximum Gasteiger partial charge on any atom is 0.333 e. The predicted octanol–water partition coefficient (Wildman–Crippen LogP) is 4.47. The number of hydrogen-bond acceptors (Lipinski definition) is 4. The Hall–Kier alpha value is -1.93. The van der Waals surface area contributed by atoms with E-state index in [0.717, 1.165) is 44.4 Å². The van der Waals surface area contributed by atoms with Gasteiger partial charge < -0.3 is 4.74 Å². The minimum atomic E-state index is -3.97. The molecule has 1 saturated carbocycles. The molecule has 1 aliphatic carbocycles. The van der Waals surface area contributed by atoms with Crippen molar-refractivity contribution in [3.8, 4) is 5.75 Å². The highest BCUT2D eigenvalue weighted by Gasteiger charge is 2.17. The lowest BCUT2D eigenvalue weighted by atomic mass is 9.96. The molecule has 0 radical (unpaired) electrons. The van der Waals surface area contributed by atoms with E-state index < -0.39 is 10.3 Å². The Morgan fingerprint density at radius 1 is 1.03 bits per heavy atom. The van der Waals surface area contributed by atoms with E-state index in [9.17, 15) is 8.42 Å². The number of rotatable bonds is 8. The third-order valence-electron chi connectivity index (χ3n) is 5.64. The Morgan fingerprint density at radius 3 is 2.19 bits per heavy atom. The summed E-state index contributed by atoms with van der Waals surface area (Å²) in [5.41, 5.74) is 2.70. The molecule has 0 amide bonds. The van der Waals surface area contributed by atoms with Crippen molar-refractivity contribution >= 4 is 10.3 Å². The summed E-state index contributed by atoms with van der Waals surface area (Å²) < 4.78 is 36.5. The highest BCUT2D eigenvalue weighted by molar-refractivity contribution is 7.83. The van der Waals surface area contributed by atoms with Crippen molar-refractivity contribution < 1.29 is 17.7 Å². The summed E-state index contributed by atoms with van der Waals surface area (Å²) in [7, 11) is -0.0979. The van der Waals surface area contributed by atoms with E-state index in [0.29, 0.717) is 6.04 Å². The van der Waals surface area contributed by atoms with Crippen LogP contribution in [0.2, 0.25) is 0 Å². The van der Waals surface area contributed by atoms with Gasteiger partial charge in [-0.3, -0.25) is 9.45 Å². The van der Waals surface area contributed by atoms with Crippen LogP contribution in [0.5, 0.6) is 5.75 Å². The van der Waals surface area contributed by atoms with Crippen LogP contribution in [0.25, 0.3) is 0 Å². The normalized spacial score (nSPS) is 15.8. The first-order valence-electron chi connectivity index (χ1n) is 10.9. The molecule has 31 heavy (non-hydrogen) atoms. The second kappa shape index (κ2) is 12.8. The number of methoxy groups -OCH3 is 1. The van der Waals surface area contributed by atoms with Gasteiger partial charge in [0, 0.05) is 18.6 Å². The third-order valence-corrected chi connectivity index (χ3v) is 6.27. The van der Waals surface area contributed by atoms with E-state index in [1.165, 1.54) is 17.5 Å². The molecule has 3 rings (SSSR count). The van der Waals surface area contributed by atoms with E-state index >= 15 is 0 Å². The summed E-state index contributed by atoms with van der Waals surface area (Å²) in [5, 5.41) is 0. The van der Waals surface area contributed by atoms with Gasteiger partial charge in [-0.15, -0.1) is 0 Å². The molecule has 0 saturated heterocycles. The van der Waals surface area contributed by atoms with Gasteiger partial charge in [0.05, 0.1) is 7.11 Å². The zero-order valence-corrected chi connectivity index (χ0v) is 19.6. The maximum absolute atomic E-state index is 10.3. The van der Waals surface area contributed by atoms with Crippen LogP contribution in [-0.4, -0.2) is 44.1 Å². The summed E-state index contributed by atoms with van der Waals surface area (Å²) in [5.74, 6) is 0.911. The van der Waals surface area contributed by atoms with Crippen molar-refractivity contribution in [2.24, 2.45) is 0 Å². The van der Waals surface area contributed by atoms with Crippen molar-refractivity contribution in [3.63, 3.8) is 0 Å². The smallest absolute Gasteiger partial charge is 0.333 e. The largest absolute Gasteiger partial charge is 0.497 e. The van der Waals surface area contributed by atoms with Gasteiger partial charge in [0.1, 0.15) is 5.75 Å². The quantitative estimate of drug-likeness (QED) is 0.583. The van der Waals surface area contributed by atoms with Gasteiger partial charge in [-0.2, -0.15) is 13.1 Å². The van der Waals surface area contributed by atoms with E-state index in [1.807, 2.05) is 12.1 Å². The average molecular weight is 449 g/mol. The summed E-state index contributed by atoms with van der Waals surface area (Å²) in [6.45, 7) is 3.23. The number of nitrogens with zero attached hydrogens (tertiary/aromatic N) is 1. The van der Waals surface area contributed by atoms with E-state index in [-0.39, 0.29) is 6.04 Å². The van der Waals surface area contributed by atoms with Gasteiger partial charge in [0.2, 0.25) is 0 Å². The fraction of sp³-hybridized carbons (Fsp3) is 0.500.